The van der Waals surface area contributed by atoms with Gasteiger partial charge in [0.05, 0.1) is 23.4 Å². The van der Waals surface area contributed by atoms with E-state index < -0.39 is 0 Å². The predicted molar refractivity (Wildman–Crippen MR) is 72.0 cm³/mol. The summed E-state index contributed by atoms with van der Waals surface area (Å²) < 4.78 is 5.80. The molecule has 0 spiro atoms. The van der Waals surface area contributed by atoms with Crippen molar-refractivity contribution in [3.05, 3.63) is 28.0 Å². The number of nitrogens with zero attached hydrogens (tertiary/aromatic N) is 2. The van der Waals surface area contributed by atoms with E-state index in [-0.39, 0.29) is 0 Å². The molecule has 0 N–H and O–H groups in total. The van der Waals surface area contributed by atoms with Crippen molar-refractivity contribution >= 4 is 23.2 Å². The van der Waals surface area contributed by atoms with E-state index in [1.807, 2.05) is 6.07 Å². The Kier molecular flexibility index (Phi) is 3.76. The van der Waals surface area contributed by atoms with Crippen molar-refractivity contribution in [1.82, 2.24) is 9.88 Å². The SMILES string of the molecule is Clc1ccc(Cl)c(CN2CCOC3CCCC32)n1. The fourth-order valence-electron chi connectivity index (χ4n) is 2.96. The number of rotatable bonds is 2. The Balaban J connectivity index is 1.77. The summed E-state index contributed by atoms with van der Waals surface area (Å²) in [5.41, 5.74) is 0.872. The van der Waals surface area contributed by atoms with Gasteiger partial charge < -0.3 is 4.74 Å². The summed E-state index contributed by atoms with van der Waals surface area (Å²) in [6.07, 6.45) is 4.04. The third-order valence-electron chi connectivity index (χ3n) is 3.83. The number of halogens is 2. The zero-order valence-electron chi connectivity index (χ0n) is 10.1. The molecule has 1 aliphatic heterocycles. The molecule has 2 aliphatic rings. The van der Waals surface area contributed by atoms with Gasteiger partial charge in [0.1, 0.15) is 5.15 Å². The molecule has 3 rings (SSSR count). The monoisotopic (exact) mass is 286 g/mol. The second kappa shape index (κ2) is 5.33. The summed E-state index contributed by atoms with van der Waals surface area (Å²) >= 11 is 12.1. The standard InChI is InChI=1S/C13H16Cl2N2O/c14-9-4-5-13(15)16-10(9)8-17-6-7-18-12-3-1-2-11(12)17/h4-5,11-12H,1-3,6-8H2. The molecule has 1 saturated heterocycles. The van der Waals surface area contributed by atoms with Crippen LogP contribution in [0.25, 0.3) is 0 Å². The van der Waals surface area contributed by atoms with Crippen molar-refractivity contribution in [3.8, 4) is 0 Å². The summed E-state index contributed by atoms with van der Waals surface area (Å²) in [7, 11) is 0. The van der Waals surface area contributed by atoms with Crippen LogP contribution in [0.3, 0.4) is 0 Å². The minimum atomic E-state index is 0.400. The van der Waals surface area contributed by atoms with E-state index in [0.717, 1.165) is 25.4 Å². The lowest BCUT2D eigenvalue weighted by molar-refractivity contribution is -0.0591. The third kappa shape index (κ3) is 2.50. The maximum atomic E-state index is 6.18. The Morgan fingerprint density at radius 3 is 3.11 bits per heavy atom. The number of hydrogen-bond acceptors (Lipinski definition) is 3. The first-order chi connectivity index (χ1) is 8.74. The van der Waals surface area contributed by atoms with Gasteiger partial charge in [0.15, 0.2) is 0 Å². The summed E-state index contributed by atoms with van der Waals surface area (Å²) in [5, 5.41) is 1.20. The van der Waals surface area contributed by atoms with Gasteiger partial charge >= 0.3 is 0 Å². The van der Waals surface area contributed by atoms with Crippen LogP contribution >= 0.6 is 23.2 Å². The lowest BCUT2D eigenvalue weighted by Gasteiger charge is -2.37. The number of ether oxygens (including phenoxy) is 1. The molecule has 2 heterocycles. The highest BCUT2D eigenvalue weighted by atomic mass is 35.5. The van der Waals surface area contributed by atoms with Gasteiger partial charge in [-0.3, -0.25) is 4.90 Å². The first kappa shape index (κ1) is 12.7. The summed E-state index contributed by atoms with van der Waals surface area (Å²) in [6.45, 7) is 2.52. The lowest BCUT2D eigenvalue weighted by Crippen LogP contribution is -2.48. The highest BCUT2D eigenvalue weighted by molar-refractivity contribution is 6.32. The van der Waals surface area contributed by atoms with Crippen LogP contribution in [-0.4, -0.2) is 35.2 Å². The highest BCUT2D eigenvalue weighted by Gasteiger charge is 2.36. The molecule has 5 heteroatoms. The fraction of sp³-hybridized carbons (Fsp3) is 0.615. The molecule has 3 nitrogen and oxygen atoms in total. The molecule has 18 heavy (non-hydrogen) atoms. The second-order valence-electron chi connectivity index (χ2n) is 4.94. The molecular formula is C13H16Cl2N2O. The Morgan fingerprint density at radius 1 is 1.33 bits per heavy atom. The number of morpholine rings is 1. The van der Waals surface area contributed by atoms with Gasteiger partial charge in [0.2, 0.25) is 0 Å². The van der Waals surface area contributed by atoms with Crippen molar-refractivity contribution in [1.29, 1.82) is 0 Å². The second-order valence-corrected chi connectivity index (χ2v) is 5.73. The smallest absolute Gasteiger partial charge is 0.129 e. The molecule has 98 valence electrons. The van der Waals surface area contributed by atoms with E-state index in [0.29, 0.717) is 22.3 Å². The molecule has 1 aromatic heterocycles. The maximum absolute atomic E-state index is 6.18. The van der Waals surface area contributed by atoms with Crippen LogP contribution in [0.15, 0.2) is 12.1 Å². The molecule has 0 amide bonds. The van der Waals surface area contributed by atoms with Crippen LogP contribution in [-0.2, 0) is 11.3 Å². The quantitative estimate of drug-likeness (QED) is 0.781. The molecule has 0 bridgehead atoms. The Morgan fingerprint density at radius 2 is 2.22 bits per heavy atom. The predicted octanol–water partition coefficient (Wildman–Crippen LogP) is 3.14. The average Bonchev–Trinajstić information content (AvgIpc) is 2.83. The van der Waals surface area contributed by atoms with Gasteiger partial charge in [0, 0.05) is 19.1 Å². The van der Waals surface area contributed by atoms with Gasteiger partial charge in [-0.05, 0) is 31.4 Å². The maximum Gasteiger partial charge on any atom is 0.129 e. The van der Waals surface area contributed by atoms with Crippen LogP contribution in [0.2, 0.25) is 10.2 Å². The normalized spacial score (nSPS) is 28.3. The van der Waals surface area contributed by atoms with Gasteiger partial charge in [-0.15, -0.1) is 0 Å². The molecule has 0 radical (unpaired) electrons. The Hall–Kier alpha value is -0.350. The van der Waals surface area contributed by atoms with Crippen LogP contribution in [0.1, 0.15) is 25.0 Å². The topological polar surface area (TPSA) is 25.4 Å². The first-order valence-corrected chi connectivity index (χ1v) is 7.16. The minimum Gasteiger partial charge on any atom is -0.375 e. The Bertz CT molecular complexity index is 441. The van der Waals surface area contributed by atoms with E-state index in [9.17, 15) is 0 Å². The van der Waals surface area contributed by atoms with Crippen LogP contribution in [0, 0.1) is 0 Å². The van der Waals surface area contributed by atoms with Crippen molar-refractivity contribution in [2.24, 2.45) is 0 Å². The molecule has 1 aromatic rings. The fourth-order valence-corrected chi connectivity index (χ4v) is 3.29. The molecule has 2 atom stereocenters. The van der Waals surface area contributed by atoms with Crippen LogP contribution in [0.4, 0.5) is 0 Å². The minimum absolute atomic E-state index is 0.400. The van der Waals surface area contributed by atoms with Crippen molar-refractivity contribution < 1.29 is 4.74 Å². The first-order valence-electron chi connectivity index (χ1n) is 6.40. The molecule has 2 fully saturated rings. The van der Waals surface area contributed by atoms with Crippen molar-refractivity contribution in [2.75, 3.05) is 13.2 Å². The highest BCUT2D eigenvalue weighted by Crippen LogP contribution is 2.31. The van der Waals surface area contributed by atoms with Crippen LogP contribution in [0.5, 0.6) is 0 Å². The van der Waals surface area contributed by atoms with E-state index in [1.165, 1.54) is 19.3 Å². The zero-order valence-corrected chi connectivity index (χ0v) is 11.6. The van der Waals surface area contributed by atoms with Crippen molar-refractivity contribution in [3.63, 3.8) is 0 Å². The largest absolute Gasteiger partial charge is 0.375 e. The molecule has 2 unspecified atom stereocenters. The molecular weight excluding hydrogens is 271 g/mol. The zero-order chi connectivity index (χ0) is 12.5. The number of hydrogen-bond donors (Lipinski definition) is 0. The average molecular weight is 287 g/mol. The number of pyridine rings is 1. The van der Waals surface area contributed by atoms with Gasteiger partial charge in [-0.25, -0.2) is 4.98 Å². The molecule has 1 saturated carbocycles. The summed E-state index contributed by atoms with van der Waals surface area (Å²) in [5.74, 6) is 0. The van der Waals surface area contributed by atoms with E-state index in [1.54, 1.807) is 6.07 Å². The summed E-state index contributed by atoms with van der Waals surface area (Å²) in [4.78, 5) is 6.77. The van der Waals surface area contributed by atoms with E-state index >= 15 is 0 Å². The van der Waals surface area contributed by atoms with Gasteiger partial charge in [0.25, 0.3) is 0 Å². The molecule has 1 aliphatic carbocycles. The molecule has 0 aromatic carbocycles. The van der Waals surface area contributed by atoms with E-state index in [2.05, 4.69) is 9.88 Å². The lowest BCUT2D eigenvalue weighted by atomic mass is 10.1. The van der Waals surface area contributed by atoms with Crippen LogP contribution < -0.4 is 0 Å². The van der Waals surface area contributed by atoms with E-state index in [4.69, 9.17) is 27.9 Å². The Labute approximate surface area is 117 Å². The number of fused-ring (bicyclic) bond motifs is 1. The van der Waals surface area contributed by atoms with Gasteiger partial charge in [-0.1, -0.05) is 23.2 Å². The summed E-state index contributed by atoms with van der Waals surface area (Å²) in [6, 6.07) is 4.07. The van der Waals surface area contributed by atoms with Crippen molar-refractivity contribution in [2.45, 2.75) is 38.0 Å². The van der Waals surface area contributed by atoms with Gasteiger partial charge in [-0.2, -0.15) is 0 Å². The third-order valence-corrected chi connectivity index (χ3v) is 4.39. The number of aromatic nitrogens is 1.